The summed E-state index contributed by atoms with van der Waals surface area (Å²) < 4.78 is 0. The van der Waals surface area contributed by atoms with Gasteiger partial charge in [-0.2, -0.15) is 0 Å². The molecule has 0 bridgehead atoms. The summed E-state index contributed by atoms with van der Waals surface area (Å²) in [5.74, 6) is -0.156. The lowest BCUT2D eigenvalue weighted by Gasteiger charge is -2.12. The van der Waals surface area contributed by atoms with Gasteiger partial charge in [-0.1, -0.05) is 42.5 Å². The summed E-state index contributed by atoms with van der Waals surface area (Å²) in [6, 6.07) is 17.4. The predicted octanol–water partition coefficient (Wildman–Crippen LogP) is 3.52. The Morgan fingerprint density at radius 2 is 1.74 bits per heavy atom. The molecular formula is C19H17N3O. The number of benzene rings is 2. The van der Waals surface area contributed by atoms with E-state index in [0.29, 0.717) is 5.69 Å². The monoisotopic (exact) mass is 303 g/mol. The van der Waals surface area contributed by atoms with Crippen molar-refractivity contribution in [3.05, 3.63) is 78.1 Å². The largest absolute Gasteiger partial charge is 0.346 e. The SMILES string of the molecule is CC(NC(=O)/C=C/c1cnc2ccccc2n1)c1ccccc1. The molecule has 0 saturated carbocycles. The fourth-order valence-electron chi connectivity index (χ4n) is 2.30. The first-order valence-electron chi connectivity index (χ1n) is 7.48. The zero-order valence-electron chi connectivity index (χ0n) is 12.8. The zero-order chi connectivity index (χ0) is 16.1. The van der Waals surface area contributed by atoms with E-state index in [4.69, 9.17) is 0 Å². The van der Waals surface area contributed by atoms with Crippen LogP contribution in [0.1, 0.15) is 24.2 Å². The van der Waals surface area contributed by atoms with Gasteiger partial charge in [0.2, 0.25) is 5.91 Å². The molecule has 0 spiro atoms. The molecule has 0 aliphatic carbocycles. The van der Waals surface area contributed by atoms with Crippen molar-refractivity contribution in [3.63, 3.8) is 0 Å². The predicted molar refractivity (Wildman–Crippen MR) is 91.6 cm³/mol. The summed E-state index contributed by atoms with van der Waals surface area (Å²) in [4.78, 5) is 20.8. The quantitative estimate of drug-likeness (QED) is 0.750. The van der Waals surface area contributed by atoms with Crippen molar-refractivity contribution < 1.29 is 4.79 Å². The zero-order valence-corrected chi connectivity index (χ0v) is 12.8. The summed E-state index contributed by atoms with van der Waals surface area (Å²) in [6.45, 7) is 1.96. The molecule has 1 N–H and O–H groups in total. The molecule has 2 aromatic carbocycles. The van der Waals surface area contributed by atoms with E-state index < -0.39 is 0 Å². The Balaban J connectivity index is 1.67. The van der Waals surface area contributed by atoms with Crippen LogP contribution in [0.15, 0.2) is 66.9 Å². The number of fused-ring (bicyclic) bond motifs is 1. The third-order valence-electron chi connectivity index (χ3n) is 3.53. The Labute approximate surface area is 134 Å². The first-order valence-corrected chi connectivity index (χ1v) is 7.48. The molecule has 0 radical (unpaired) electrons. The number of hydrogen-bond acceptors (Lipinski definition) is 3. The molecule has 1 aromatic heterocycles. The van der Waals surface area contributed by atoms with E-state index in [1.165, 1.54) is 6.08 Å². The van der Waals surface area contributed by atoms with Crippen LogP contribution in [0.4, 0.5) is 0 Å². The van der Waals surface area contributed by atoms with Crippen LogP contribution in [0, 0.1) is 0 Å². The normalized spacial score (nSPS) is 12.4. The van der Waals surface area contributed by atoms with E-state index in [-0.39, 0.29) is 11.9 Å². The van der Waals surface area contributed by atoms with E-state index in [0.717, 1.165) is 16.6 Å². The minimum absolute atomic E-state index is 0.0453. The highest BCUT2D eigenvalue weighted by Crippen LogP contribution is 2.11. The smallest absolute Gasteiger partial charge is 0.244 e. The highest BCUT2D eigenvalue weighted by molar-refractivity contribution is 5.92. The number of rotatable bonds is 4. The average molecular weight is 303 g/mol. The van der Waals surface area contributed by atoms with E-state index in [9.17, 15) is 4.79 Å². The lowest BCUT2D eigenvalue weighted by Crippen LogP contribution is -2.24. The van der Waals surface area contributed by atoms with Crippen molar-refractivity contribution in [3.8, 4) is 0 Å². The highest BCUT2D eigenvalue weighted by Gasteiger charge is 2.06. The number of aromatic nitrogens is 2. The molecule has 23 heavy (non-hydrogen) atoms. The van der Waals surface area contributed by atoms with Gasteiger partial charge in [0.05, 0.1) is 29.0 Å². The van der Waals surface area contributed by atoms with E-state index >= 15 is 0 Å². The molecule has 1 amide bonds. The van der Waals surface area contributed by atoms with Gasteiger partial charge in [-0.05, 0) is 30.7 Å². The molecule has 4 heteroatoms. The van der Waals surface area contributed by atoms with Crippen LogP contribution in [0.2, 0.25) is 0 Å². The molecule has 0 saturated heterocycles. The molecule has 1 heterocycles. The molecule has 3 aromatic rings. The Kier molecular flexibility index (Phi) is 4.43. The van der Waals surface area contributed by atoms with Crippen molar-refractivity contribution in [2.24, 2.45) is 0 Å². The average Bonchev–Trinajstić information content (AvgIpc) is 2.60. The van der Waals surface area contributed by atoms with Gasteiger partial charge in [-0.25, -0.2) is 4.98 Å². The standard InChI is InChI=1S/C19H17N3O/c1-14(15-7-3-2-4-8-15)21-19(23)12-11-16-13-20-17-9-5-6-10-18(17)22-16/h2-14H,1H3,(H,21,23)/b12-11+. The lowest BCUT2D eigenvalue weighted by molar-refractivity contribution is -0.117. The van der Waals surface area contributed by atoms with Gasteiger partial charge in [0.15, 0.2) is 0 Å². The summed E-state index contributed by atoms with van der Waals surface area (Å²) in [7, 11) is 0. The van der Waals surface area contributed by atoms with Gasteiger partial charge in [0, 0.05) is 6.08 Å². The summed E-state index contributed by atoms with van der Waals surface area (Å²) in [5, 5.41) is 2.93. The number of amides is 1. The fourth-order valence-corrected chi connectivity index (χ4v) is 2.30. The second-order valence-corrected chi connectivity index (χ2v) is 5.26. The van der Waals surface area contributed by atoms with Crippen LogP contribution in [0.25, 0.3) is 17.1 Å². The van der Waals surface area contributed by atoms with Gasteiger partial charge in [0.1, 0.15) is 0 Å². The Bertz CT molecular complexity index is 843. The van der Waals surface area contributed by atoms with Crippen LogP contribution in [0.3, 0.4) is 0 Å². The molecule has 0 aliphatic heterocycles. The van der Waals surface area contributed by atoms with Crippen LogP contribution >= 0.6 is 0 Å². The minimum atomic E-state index is -0.156. The van der Waals surface area contributed by atoms with Gasteiger partial charge in [0.25, 0.3) is 0 Å². The maximum Gasteiger partial charge on any atom is 0.244 e. The van der Waals surface area contributed by atoms with Crippen LogP contribution in [0.5, 0.6) is 0 Å². The van der Waals surface area contributed by atoms with Crippen molar-refractivity contribution in [1.29, 1.82) is 0 Å². The summed E-state index contributed by atoms with van der Waals surface area (Å²) in [5.41, 5.74) is 3.38. The van der Waals surface area contributed by atoms with Crippen molar-refractivity contribution in [1.82, 2.24) is 15.3 Å². The van der Waals surface area contributed by atoms with Crippen molar-refractivity contribution in [2.45, 2.75) is 13.0 Å². The van der Waals surface area contributed by atoms with E-state index in [1.54, 1.807) is 12.3 Å². The summed E-state index contributed by atoms with van der Waals surface area (Å²) in [6.07, 6.45) is 4.82. The molecule has 4 nitrogen and oxygen atoms in total. The van der Waals surface area contributed by atoms with E-state index in [2.05, 4.69) is 15.3 Å². The number of nitrogens with zero attached hydrogens (tertiary/aromatic N) is 2. The van der Waals surface area contributed by atoms with Gasteiger partial charge >= 0.3 is 0 Å². The van der Waals surface area contributed by atoms with Gasteiger partial charge in [-0.15, -0.1) is 0 Å². The van der Waals surface area contributed by atoms with Crippen LogP contribution in [-0.2, 0) is 4.79 Å². The van der Waals surface area contributed by atoms with Gasteiger partial charge in [-0.3, -0.25) is 9.78 Å². The number of para-hydroxylation sites is 2. The molecule has 3 rings (SSSR count). The fraction of sp³-hybridized carbons (Fsp3) is 0.105. The second-order valence-electron chi connectivity index (χ2n) is 5.26. The third kappa shape index (κ3) is 3.80. The number of carbonyl (C=O) groups is 1. The molecule has 1 unspecified atom stereocenters. The highest BCUT2D eigenvalue weighted by atomic mass is 16.1. The molecule has 114 valence electrons. The van der Waals surface area contributed by atoms with E-state index in [1.807, 2.05) is 61.5 Å². The number of hydrogen-bond donors (Lipinski definition) is 1. The van der Waals surface area contributed by atoms with Crippen LogP contribution in [-0.4, -0.2) is 15.9 Å². The number of carbonyl (C=O) groups excluding carboxylic acids is 1. The molecular weight excluding hydrogens is 286 g/mol. The maximum absolute atomic E-state index is 12.0. The second kappa shape index (κ2) is 6.83. The molecule has 1 atom stereocenters. The van der Waals surface area contributed by atoms with Crippen molar-refractivity contribution in [2.75, 3.05) is 0 Å². The van der Waals surface area contributed by atoms with Crippen LogP contribution < -0.4 is 5.32 Å². The third-order valence-corrected chi connectivity index (χ3v) is 3.53. The molecule has 0 fully saturated rings. The first kappa shape index (κ1) is 14.9. The molecule has 0 aliphatic rings. The Morgan fingerprint density at radius 1 is 1.04 bits per heavy atom. The van der Waals surface area contributed by atoms with Crippen molar-refractivity contribution >= 4 is 23.0 Å². The summed E-state index contributed by atoms with van der Waals surface area (Å²) >= 11 is 0. The maximum atomic E-state index is 12.0. The Hall–Kier alpha value is -3.01. The first-order chi connectivity index (χ1) is 11.2. The Morgan fingerprint density at radius 3 is 2.52 bits per heavy atom. The topological polar surface area (TPSA) is 54.9 Å². The minimum Gasteiger partial charge on any atom is -0.346 e. The number of nitrogens with one attached hydrogen (secondary N) is 1. The van der Waals surface area contributed by atoms with Gasteiger partial charge < -0.3 is 5.32 Å². The lowest BCUT2D eigenvalue weighted by atomic mass is 10.1.